The quantitative estimate of drug-likeness (QED) is 0.789. The van der Waals surface area contributed by atoms with Crippen molar-refractivity contribution < 1.29 is 9.53 Å². The van der Waals surface area contributed by atoms with Gasteiger partial charge in [0.1, 0.15) is 0 Å². The number of hydrogen-bond donors (Lipinski definition) is 2. The number of fused-ring (bicyclic) bond motifs is 1. The van der Waals surface area contributed by atoms with Gasteiger partial charge in [-0.15, -0.1) is 0 Å². The predicted molar refractivity (Wildman–Crippen MR) is 69.2 cm³/mol. The third-order valence-electron chi connectivity index (χ3n) is 5.00. The zero-order valence-corrected chi connectivity index (χ0v) is 11.0. The molecule has 1 amide bonds. The van der Waals surface area contributed by atoms with E-state index >= 15 is 0 Å². The van der Waals surface area contributed by atoms with Gasteiger partial charge in [-0.25, -0.2) is 0 Å². The standard InChI is InChI=1S/C14H24N2O2/c17-13(16-9-12-5-3-7-18-12)14-6-2-1-4-11(14)8-15-10-14/h11-12,15H,1-10H2,(H,16,17)/t11-,12?,14+/m0/s1. The van der Waals surface area contributed by atoms with Crippen molar-refractivity contribution in [3.63, 3.8) is 0 Å². The van der Waals surface area contributed by atoms with Crippen LogP contribution < -0.4 is 10.6 Å². The van der Waals surface area contributed by atoms with Gasteiger partial charge in [0.2, 0.25) is 5.91 Å². The Morgan fingerprint density at radius 3 is 3.11 bits per heavy atom. The summed E-state index contributed by atoms with van der Waals surface area (Å²) in [6.45, 7) is 3.45. The fraction of sp³-hybridized carbons (Fsp3) is 0.929. The molecule has 3 atom stereocenters. The summed E-state index contributed by atoms with van der Waals surface area (Å²) >= 11 is 0. The van der Waals surface area contributed by atoms with Crippen LogP contribution in [0.15, 0.2) is 0 Å². The lowest BCUT2D eigenvalue weighted by molar-refractivity contribution is -0.134. The Labute approximate surface area is 109 Å². The van der Waals surface area contributed by atoms with Gasteiger partial charge in [-0.3, -0.25) is 4.79 Å². The number of rotatable bonds is 3. The third kappa shape index (κ3) is 2.16. The molecule has 1 unspecified atom stereocenters. The minimum Gasteiger partial charge on any atom is -0.376 e. The van der Waals surface area contributed by atoms with Gasteiger partial charge in [0.25, 0.3) is 0 Å². The number of ether oxygens (including phenoxy) is 1. The molecule has 0 radical (unpaired) electrons. The van der Waals surface area contributed by atoms with Crippen LogP contribution in [0.4, 0.5) is 0 Å². The molecule has 0 aromatic rings. The van der Waals surface area contributed by atoms with Crippen LogP contribution in [0.5, 0.6) is 0 Å². The lowest BCUT2D eigenvalue weighted by Crippen LogP contribution is -2.49. The maximum atomic E-state index is 12.6. The van der Waals surface area contributed by atoms with E-state index in [1.165, 1.54) is 19.3 Å². The molecule has 3 rings (SSSR count). The second-order valence-electron chi connectivity index (χ2n) is 6.07. The van der Waals surface area contributed by atoms with E-state index in [-0.39, 0.29) is 17.4 Å². The van der Waals surface area contributed by atoms with Crippen molar-refractivity contribution in [2.45, 2.75) is 44.6 Å². The van der Waals surface area contributed by atoms with E-state index in [1.807, 2.05) is 0 Å². The number of hydrogen-bond acceptors (Lipinski definition) is 3. The monoisotopic (exact) mass is 252 g/mol. The Hall–Kier alpha value is -0.610. The minimum atomic E-state index is -0.114. The van der Waals surface area contributed by atoms with E-state index in [9.17, 15) is 4.79 Å². The summed E-state index contributed by atoms with van der Waals surface area (Å²) in [5, 5.41) is 6.57. The summed E-state index contributed by atoms with van der Waals surface area (Å²) < 4.78 is 5.57. The normalized spacial score (nSPS) is 39.6. The molecule has 0 spiro atoms. The van der Waals surface area contributed by atoms with Crippen LogP contribution in [-0.2, 0) is 9.53 Å². The van der Waals surface area contributed by atoms with Crippen LogP contribution in [0.1, 0.15) is 38.5 Å². The molecule has 3 fully saturated rings. The topological polar surface area (TPSA) is 50.4 Å². The average Bonchev–Trinajstić information content (AvgIpc) is 3.05. The molecule has 3 aliphatic rings. The highest BCUT2D eigenvalue weighted by Crippen LogP contribution is 2.43. The van der Waals surface area contributed by atoms with Crippen molar-refractivity contribution in [1.82, 2.24) is 10.6 Å². The Morgan fingerprint density at radius 1 is 1.33 bits per heavy atom. The van der Waals surface area contributed by atoms with Gasteiger partial charge in [0.15, 0.2) is 0 Å². The molecule has 0 bridgehead atoms. The zero-order valence-electron chi connectivity index (χ0n) is 11.0. The van der Waals surface area contributed by atoms with E-state index in [1.54, 1.807) is 0 Å². The van der Waals surface area contributed by atoms with E-state index in [0.29, 0.717) is 12.5 Å². The lowest BCUT2D eigenvalue weighted by atomic mass is 9.67. The molecule has 18 heavy (non-hydrogen) atoms. The Morgan fingerprint density at radius 2 is 2.28 bits per heavy atom. The summed E-state index contributed by atoms with van der Waals surface area (Å²) in [7, 11) is 0. The molecule has 2 aliphatic heterocycles. The van der Waals surface area contributed by atoms with E-state index in [4.69, 9.17) is 4.74 Å². The van der Waals surface area contributed by atoms with Gasteiger partial charge in [-0.2, -0.15) is 0 Å². The fourth-order valence-corrected chi connectivity index (χ4v) is 3.88. The first-order valence-electron chi connectivity index (χ1n) is 7.42. The van der Waals surface area contributed by atoms with Gasteiger partial charge in [0.05, 0.1) is 11.5 Å². The van der Waals surface area contributed by atoms with Gasteiger partial charge < -0.3 is 15.4 Å². The second kappa shape index (κ2) is 5.17. The molecule has 2 saturated heterocycles. The second-order valence-corrected chi connectivity index (χ2v) is 6.07. The molecule has 2 heterocycles. The highest BCUT2D eigenvalue weighted by atomic mass is 16.5. The molecule has 1 saturated carbocycles. The average molecular weight is 252 g/mol. The Kier molecular flexibility index (Phi) is 3.57. The van der Waals surface area contributed by atoms with Gasteiger partial charge >= 0.3 is 0 Å². The summed E-state index contributed by atoms with van der Waals surface area (Å²) in [5.74, 6) is 0.823. The van der Waals surface area contributed by atoms with Crippen LogP contribution in [-0.4, -0.2) is 38.3 Å². The molecule has 4 nitrogen and oxygen atoms in total. The molecule has 2 N–H and O–H groups in total. The Bertz CT molecular complexity index is 315. The largest absolute Gasteiger partial charge is 0.376 e. The summed E-state index contributed by atoms with van der Waals surface area (Å²) in [4.78, 5) is 12.6. The van der Waals surface area contributed by atoms with E-state index in [0.717, 1.165) is 39.0 Å². The maximum Gasteiger partial charge on any atom is 0.227 e. The van der Waals surface area contributed by atoms with Crippen LogP contribution in [0.25, 0.3) is 0 Å². The Balaban J connectivity index is 1.59. The summed E-state index contributed by atoms with van der Waals surface area (Å²) in [5.41, 5.74) is -0.114. The van der Waals surface area contributed by atoms with Crippen molar-refractivity contribution in [3.8, 4) is 0 Å². The number of amides is 1. The minimum absolute atomic E-state index is 0.114. The molecule has 4 heteroatoms. The highest BCUT2D eigenvalue weighted by Gasteiger charge is 2.49. The SMILES string of the molecule is O=C(NCC1CCCO1)[C@@]12CCCC[C@H]1CNC2. The predicted octanol–water partition coefficient (Wildman–Crippen LogP) is 1.06. The summed E-state index contributed by atoms with van der Waals surface area (Å²) in [6, 6.07) is 0. The number of carbonyl (C=O) groups is 1. The zero-order chi connectivity index (χ0) is 12.4. The molecular weight excluding hydrogens is 228 g/mol. The third-order valence-corrected chi connectivity index (χ3v) is 5.00. The molecule has 0 aromatic carbocycles. The van der Waals surface area contributed by atoms with Crippen LogP contribution in [0.2, 0.25) is 0 Å². The molecular formula is C14H24N2O2. The summed E-state index contributed by atoms with van der Waals surface area (Å²) in [6.07, 6.45) is 7.23. The van der Waals surface area contributed by atoms with Gasteiger partial charge in [-0.1, -0.05) is 12.8 Å². The van der Waals surface area contributed by atoms with Crippen LogP contribution >= 0.6 is 0 Å². The first-order chi connectivity index (χ1) is 8.81. The molecule has 0 aromatic heterocycles. The highest BCUT2D eigenvalue weighted by molar-refractivity contribution is 5.83. The molecule has 1 aliphatic carbocycles. The first kappa shape index (κ1) is 12.4. The van der Waals surface area contributed by atoms with Crippen molar-refractivity contribution in [3.05, 3.63) is 0 Å². The van der Waals surface area contributed by atoms with Gasteiger partial charge in [-0.05, 0) is 38.1 Å². The lowest BCUT2D eigenvalue weighted by Gasteiger charge is -2.37. The van der Waals surface area contributed by atoms with Gasteiger partial charge in [0, 0.05) is 19.7 Å². The number of nitrogens with one attached hydrogen (secondary N) is 2. The van der Waals surface area contributed by atoms with Crippen molar-refractivity contribution in [2.75, 3.05) is 26.2 Å². The van der Waals surface area contributed by atoms with E-state index < -0.39 is 0 Å². The van der Waals surface area contributed by atoms with Crippen LogP contribution in [0.3, 0.4) is 0 Å². The fourth-order valence-electron chi connectivity index (χ4n) is 3.88. The van der Waals surface area contributed by atoms with Crippen molar-refractivity contribution in [2.24, 2.45) is 11.3 Å². The smallest absolute Gasteiger partial charge is 0.227 e. The number of carbonyl (C=O) groups excluding carboxylic acids is 1. The van der Waals surface area contributed by atoms with Crippen LogP contribution in [0, 0.1) is 11.3 Å². The van der Waals surface area contributed by atoms with E-state index in [2.05, 4.69) is 10.6 Å². The maximum absolute atomic E-state index is 12.6. The molecule has 102 valence electrons. The first-order valence-corrected chi connectivity index (χ1v) is 7.42. The van der Waals surface area contributed by atoms with Crippen molar-refractivity contribution in [1.29, 1.82) is 0 Å². The van der Waals surface area contributed by atoms with Crippen molar-refractivity contribution >= 4 is 5.91 Å².